The molecule has 0 aromatic heterocycles. The van der Waals surface area contributed by atoms with Crippen LogP contribution in [0.4, 0.5) is 0 Å². The van der Waals surface area contributed by atoms with Crippen molar-refractivity contribution in [2.75, 3.05) is 6.26 Å². The largest absolute Gasteiger partial charge is 0.294 e. The Kier molecular flexibility index (Phi) is 4.25. The lowest BCUT2D eigenvalue weighted by Crippen LogP contribution is -2.01. The zero-order chi connectivity index (χ0) is 9.84. The summed E-state index contributed by atoms with van der Waals surface area (Å²) in [5.41, 5.74) is 0.887. The van der Waals surface area contributed by atoms with Crippen LogP contribution in [0.2, 0.25) is 0 Å². The number of benzene rings is 1. The molecule has 1 rings (SSSR count). The van der Waals surface area contributed by atoms with E-state index >= 15 is 0 Å². The summed E-state index contributed by atoms with van der Waals surface area (Å²) < 4.78 is 1.05. The van der Waals surface area contributed by atoms with Crippen LogP contribution >= 0.6 is 34.4 Å². The third kappa shape index (κ3) is 2.47. The van der Waals surface area contributed by atoms with Crippen molar-refractivity contribution in [3.8, 4) is 0 Å². The van der Waals surface area contributed by atoms with Gasteiger partial charge in [-0.3, -0.25) is 4.79 Å². The van der Waals surface area contributed by atoms with Gasteiger partial charge in [0, 0.05) is 20.4 Å². The van der Waals surface area contributed by atoms with Gasteiger partial charge in [0.15, 0.2) is 5.78 Å². The molecule has 0 amide bonds. The molecule has 0 bridgehead atoms. The van der Waals surface area contributed by atoms with E-state index in [1.54, 1.807) is 11.8 Å². The minimum Gasteiger partial charge on any atom is -0.294 e. The highest BCUT2D eigenvalue weighted by molar-refractivity contribution is 14.1. The van der Waals surface area contributed by atoms with Crippen LogP contribution in [-0.4, -0.2) is 12.0 Å². The van der Waals surface area contributed by atoms with Gasteiger partial charge in [-0.25, -0.2) is 0 Å². The Morgan fingerprint density at radius 3 is 2.77 bits per heavy atom. The van der Waals surface area contributed by atoms with Gasteiger partial charge in [-0.05, 0) is 41.0 Å². The van der Waals surface area contributed by atoms with Crippen molar-refractivity contribution < 1.29 is 4.79 Å². The molecule has 0 N–H and O–H groups in total. The number of hydrogen-bond acceptors (Lipinski definition) is 2. The quantitative estimate of drug-likeness (QED) is 0.482. The number of ketones is 1. The first-order chi connectivity index (χ1) is 6.20. The molecule has 1 nitrogen and oxygen atoms in total. The SMILES string of the molecule is CCC(=O)c1c(I)cccc1SC. The molecular formula is C10H11IOS. The first-order valence-electron chi connectivity index (χ1n) is 4.06. The molecular weight excluding hydrogens is 295 g/mol. The fourth-order valence-electron chi connectivity index (χ4n) is 1.12. The van der Waals surface area contributed by atoms with Crippen LogP contribution in [0, 0.1) is 3.57 Å². The molecule has 13 heavy (non-hydrogen) atoms. The Hall–Kier alpha value is -0.0300. The molecule has 0 unspecified atom stereocenters. The molecule has 0 saturated heterocycles. The minimum absolute atomic E-state index is 0.231. The molecule has 0 fully saturated rings. The molecule has 0 aliphatic heterocycles. The number of halogens is 1. The molecule has 0 radical (unpaired) electrons. The summed E-state index contributed by atoms with van der Waals surface area (Å²) in [5, 5.41) is 0. The van der Waals surface area contributed by atoms with Gasteiger partial charge in [-0.15, -0.1) is 11.8 Å². The standard InChI is InChI=1S/C10H11IOS/c1-3-8(12)10-7(11)5-4-6-9(10)13-2/h4-6H,3H2,1-2H3. The predicted molar refractivity (Wildman–Crippen MR) is 65.6 cm³/mol. The van der Waals surface area contributed by atoms with Gasteiger partial charge in [0.2, 0.25) is 0 Å². The zero-order valence-electron chi connectivity index (χ0n) is 7.63. The van der Waals surface area contributed by atoms with Crippen LogP contribution in [-0.2, 0) is 0 Å². The van der Waals surface area contributed by atoms with Crippen molar-refractivity contribution in [2.45, 2.75) is 18.2 Å². The molecule has 1 aromatic carbocycles. The monoisotopic (exact) mass is 306 g/mol. The molecule has 3 heteroatoms. The molecule has 0 aliphatic carbocycles. The maximum absolute atomic E-state index is 11.6. The normalized spacial score (nSPS) is 10.1. The minimum atomic E-state index is 0.231. The summed E-state index contributed by atoms with van der Waals surface area (Å²) in [6, 6.07) is 5.96. The van der Waals surface area contributed by atoms with E-state index in [0.29, 0.717) is 6.42 Å². The summed E-state index contributed by atoms with van der Waals surface area (Å²) >= 11 is 3.84. The van der Waals surface area contributed by atoms with Crippen LogP contribution in [0.15, 0.2) is 23.1 Å². The third-order valence-electron chi connectivity index (χ3n) is 1.80. The van der Waals surface area contributed by atoms with Gasteiger partial charge >= 0.3 is 0 Å². The van der Waals surface area contributed by atoms with Crippen LogP contribution in [0.1, 0.15) is 23.7 Å². The maximum atomic E-state index is 11.6. The first kappa shape index (κ1) is 11.0. The number of Topliss-reactive ketones (excluding diaryl/α,β-unsaturated/α-hetero) is 1. The highest BCUT2D eigenvalue weighted by Crippen LogP contribution is 2.25. The number of rotatable bonds is 3. The average molecular weight is 306 g/mol. The Morgan fingerprint density at radius 1 is 1.54 bits per heavy atom. The molecule has 0 heterocycles. The summed E-state index contributed by atoms with van der Waals surface area (Å²) in [6.45, 7) is 1.90. The summed E-state index contributed by atoms with van der Waals surface area (Å²) in [6.07, 6.45) is 2.57. The number of carbonyl (C=O) groups excluding carboxylic acids is 1. The summed E-state index contributed by atoms with van der Waals surface area (Å²) in [7, 11) is 0. The van der Waals surface area contributed by atoms with E-state index in [0.717, 1.165) is 14.0 Å². The average Bonchev–Trinajstić information content (AvgIpc) is 2.16. The van der Waals surface area contributed by atoms with E-state index in [2.05, 4.69) is 22.6 Å². The summed E-state index contributed by atoms with van der Waals surface area (Å²) in [4.78, 5) is 12.7. The van der Waals surface area contributed by atoms with Gasteiger partial charge in [0.25, 0.3) is 0 Å². The number of carbonyl (C=O) groups is 1. The molecule has 1 aromatic rings. The fraction of sp³-hybridized carbons (Fsp3) is 0.300. The Morgan fingerprint density at radius 2 is 2.23 bits per heavy atom. The van der Waals surface area contributed by atoms with Crippen LogP contribution in [0.25, 0.3) is 0 Å². The van der Waals surface area contributed by atoms with Crippen molar-refractivity contribution in [3.63, 3.8) is 0 Å². The zero-order valence-corrected chi connectivity index (χ0v) is 10.6. The van der Waals surface area contributed by atoms with Gasteiger partial charge in [0.1, 0.15) is 0 Å². The summed E-state index contributed by atoms with van der Waals surface area (Å²) in [5.74, 6) is 0.231. The second-order valence-corrected chi connectivity index (χ2v) is 4.60. The van der Waals surface area contributed by atoms with Crippen molar-refractivity contribution >= 4 is 40.1 Å². The lowest BCUT2D eigenvalue weighted by Gasteiger charge is -2.06. The van der Waals surface area contributed by atoms with E-state index in [9.17, 15) is 4.79 Å². The van der Waals surface area contributed by atoms with E-state index < -0.39 is 0 Å². The third-order valence-corrected chi connectivity index (χ3v) is 3.47. The van der Waals surface area contributed by atoms with Crippen molar-refractivity contribution in [3.05, 3.63) is 27.3 Å². The lowest BCUT2D eigenvalue weighted by molar-refractivity contribution is 0.0984. The number of hydrogen-bond donors (Lipinski definition) is 0. The van der Waals surface area contributed by atoms with Crippen molar-refractivity contribution in [1.82, 2.24) is 0 Å². The topological polar surface area (TPSA) is 17.1 Å². The van der Waals surface area contributed by atoms with Crippen LogP contribution in [0.3, 0.4) is 0 Å². The van der Waals surface area contributed by atoms with Crippen molar-refractivity contribution in [2.24, 2.45) is 0 Å². The highest BCUT2D eigenvalue weighted by atomic mass is 127. The van der Waals surface area contributed by atoms with E-state index in [4.69, 9.17) is 0 Å². The van der Waals surface area contributed by atoms with E-state index in [-0.39, 0.29) is 5.78 Å². The van der Waals surface area contributed by atoms with Gasteiger partial charge in [-0.2, -0.15) is 0 Å². The smallest absolute Gasteiger partial charge is 0.164 e. The molecule has 0 spiro atoms. The first-order valence-corrected chi connectivity index (χ1v) is 6.36. The maximum Gasteiger partial charge on any atom is 0.164 e. The van der Waals surface area contributed by atoms with E-state index in [1.807, 2.05) is 31.4 Å². The Bertz CT molecular complexity index is 323. The Balaban J connectivity index is 3.22. The van der Waals surface area contributed by atoms with Crippen molar-refractivity contribution in [1.29, 1.82) is 0 Å². The van der Waals surface area contributed by atoms with Gasteiger partial charge in [-0.1, -0.05) is 13.0 Å². The predicted octanol–water partition coefficient (Wildman–Crippen LogP) is 3.61. The molecule has 0 aliphatic rings. The molecule has 70 valence electrons. The number of thioether (sulfide) groups is 1. The fourth-order valence-corrected chi connectivity index (χ4v) is 2.75. The van der Waals surface area contributed by atoms with E-state index in [1.165, 1.54) is 0 Å². The van der Waals surface area contributed by atoms with Gasteiger partial charge < -0.3 is 0 Å². The molecule has 0 atom stereocenters. The Labute approximate surface area is 96.4 Å². The van der Waals surface area contributed by atoms with Gasteiger partial charge in [0.05, 0.1) is 0 Å². The highest BCUT2D eigenvalue weighted by Gasteiger charge is 2.11. The molecule has 0 saturated carbocycles. The van der Waals surface area contributed by atoms with Crippen LogP contribution < -0.4 is 0 Å². The van der Waals surface area contributed by atoms with Crippen LogP contribution in [0.5, 0.6) is 0 Å². The second kappa shape index (κ2) is 5.00. The lowest BCUT2D eigenvalue weighted by atomic mass is 10.1. The second-order valence-electron chi connectivity index (χ2n) is 2.59.